The fraction of sp³-hybridized carbons (Fsp3) is 0.769. The van der Waals surface area contributed by atoms with Crippen molar-refractivity contribution in [3.63, 3.8) is 0 Å². The van der Waals surface area contributed by atoms with Gasteiger partial charge in [-0.1, -0.05) is 13.3 Å². The van der Waals surface area contributed by atoms with E-state index in [0.717, 1.165) is 25.7 Å². The molecule has 0 unspecified atom stereocenters. The average Bonchev–Trinajstić information content (AvgIpc) is 2.76. The van der Waals surface area contributed by atoms with E-state index in [1.54, 1.807) is 0 Å². The van der Waals surface area contributed by atoms with E-state index in [1.165, 1.54) is 11.3 Å². The van der Waals surface area contributed by atoms with E-state index in [9.17, 15) is 0 Å². The van der Waals surface area contributed by atoms with Crippen LogP contribution < -0.4 is 5.73 Å². The van der Waals surface area contributed by atoms with E-state index < -0.39 is 0 Å². The zero-order chi connectivity index (χ0) is 12.0. The summed E-state index contributed by atoms with van der Waals surface area (Å²) < 4.78 is 2.15. The van der Waals surface area contributed by atoms with Gasteiger partial charge in [0.25, 0.3) is 0 Å². The molecule has 0 aliphatic heterocycles. The number of hydrogen-bond acceptors (Lipinski definition) is 2. The van der Waals surface area contributed by atoms with Crippen molar-refractivity contribution in [3.05, 3.63) is 17.5 Å². The quantitative estimate of drug-likeness (QED) is 0.852. The Hall–Kier alpha value is -0.830. The molecule has 3 nitrogen and oxygen atoms in total. The van der Waals surface area contributed by atoms with E-state index in [4.69, 9.17) is 5.73 Å². The molecule has 3 heteroatoms. The molecule has 0 aromatic carbocycles. The van der Waals surface area contributed by atoms with Crippen molar-refractivity contribution in [2.45, 2.75) is 64.5 Å². The molecule has 1 aromatic heterocycles. The van der Waals surface area contributed by atoms with Crippen LogP contribution in [-0.2, 0) is 17.5 Å². The van der Waals surface area contributed by atoms with Gasteiger partial charge in [0.15, 0.2) is 0 Å². The Morgan fingerprint density at radius 2 is 2.06 bits per heavy atom. The molecule has 0 amide bonds. The van der Waals surface area contributed by atoms with Gasteiger partial charge in [-0.15, -0.1) is 0 Å². The van der Waals surface area contributed by atoms with Gasteiger partial charge in [-0.2, -0.15) is 5.10 Å². The number of aromatic nitrogens is 2. The predicted molar refractivity (Wildman–Crippen MR) is 66.3 cm³/mol. The van der Waals surface area contributed by atoms with Crippen LogP contribution in [0.3, 0.4) is 0 Å². The summed E-state index contributed by atoms with van der Waals surface area (Å²) in [5.41, 5.74) is 8.91. The van der Waals surface area contributed by atoms with Crippen molar-refractivity contribution in [2.24, 2.45) is 5.73 Å². The molecule has 0 saturated heterocycles. The first-order chi connectivity index (χ1) is 7.38. The maximum Gasteiger partial charge on any atom is 0.0546 e. The second-order valence-electron chi connectivity index (χ2n) is 5.99. The summed E-state index contributed by atoms with van der Waals surface area (Å²) in [6.45, 7) is 8.79. The lowest BCUT2D eigenvalue weighted by Crippen LogP contribution is -2.27. The Balaban J connectivity index is 2.44. The lowest BCUT2D eigenvalue weighted by atomic mass is 10.0. The smallest absolute Gasteiger partial charge is 0.0546 e. The molecule has 1 heterocycles. The highest BCUT2D eigenvalue weighted by Crippen LogP contribution is 2.44. The minimum Gasteiger partial charge on any atom is -0.321 e. The first-order valence-electron chi connectivity index (χ1n) is 6.25. The molecular formula is C13H23N3. The lowest BCUT2D eigenvalue weighted by Gasteiger charge is -2.23. The number of nitrogens with zero attached hydrogens (tertiary/aromatic N) is 2. The first kappa shape index (κ1) is 11.6. The molecule has 1 aromatic rings. The van der Waals surface area contributed by atoms with Gasteiger partial charge in [0, 0.05) is 16.8 Å². The monoisotopic (exact) mass is 221 g/mol. The highest BCUT2D eigenvalue weighted by Gasteiger charge is 2.43. The van der Waals surface area contributed by atoms with Crippen LogP contribution in [0.15, 0.2) is 6.20 Å². The van der Waals surface area contributed by atoms with Crippen molar-refractivity contribution in [3.8, 4) is 0 Å². The van der Waals surface area contributed by atoms with E-state index in [2.05, 4.69) is 37.5 Å². The molecule has 1 fully saturated rings. The van der Waals surface area contributed by atoms with Crippen LogP contribution in [0.2, 0.25) is 0 Å². The normalized spacial score (nSPS) is 18.8. The van der Waals surface area contributed by atoms with Crippen LogP contribution >= 0.6 is 0 Å². The summed E-state index contributed by atoms with van der Waals surface area (Å²) in [5, 5.41) is 4.55. The summed E-state index contributed by atoms with van der Waals surface area (Å²) in [6, 6.07) is 0. The summed E-state index contributed by atoms with van der Waals surface area (Å²) in [7, 11) is 0. The number of rotatable bonds is 3. The molecule has 1 aliphatic carbocycles. The van der Waals surface area contributed by atoms with E-state index in [1.807, 2.05) is 6.20 Å². The molecule has 0 bridgehead atoms. The zero-order valence-electron chi connectivity index (χ0n) is 10.9. The maximum absolute atomic E-state index is 6.30. The molecule has 0 atom stereocenters. The topological polar surface area (TPSA) is 43.8 Å². The average molecular weight is 221 g/mol. The van der Waals surface area contributed by atoms with Crippen molar-refractivity contribution >= 4 is 0 Å². The van der Waals surface area contributed by atoms with Gasteiger partial charge in [0.1, 0.15) is 0 Å². The molecule has 0 spiro atoms. The second kappa shape index (κ2) is 3.59. The molecular weight excluding hydrogens is 198 g/mol. The largest absolute Gasteiger partial charge is 0.321 e. The van der Waals surface area contributed by atoms with Gasteiger partial charge < -0.3 is 5.73 Å². The first-order valence-corrected chi connectivity index (χ1v) is 6.25. The zero-order valence-corrected chi connectivity index (χ0v) is 10.9. The molecule has 16 heavy (non-hydrogen) atoms. The molecule has 0 radical (unpaired) electrons. The van der Waals surface area contributed by atoms with Gasteiger partial charge in [0.05, 0.1) is 11.7 Å². The predicted octanol–water partition coefficient (Wildman–Crippen LogP) is 2.54. The minimum atomic E-state index is -0.0615. The second-order valence-corrected chi connectivity index (χ2v) is 5.99. The summed E-state index contributed by atoms with van der Waals surface area (Å²) in [6.07, 6.45) is 6.43. The third kappa shape index (κ3) is 1.88. The van der Waals surface area contributed by atoms with Gasteiger partial charge in [-0.3, -0.25) is 4.68 Å². The third-order valence-corrected chi connectivity index (χ3v) is 3.32. The summed E-state index contributed by atoms with van der Waals surface area (Å²) in [4.78, 5) is 0. The van der Waals surface area contributed by atoms with E-state index in [0.29, 0.717) is 0 Å². The molecule has 2 rings (SSSR count). The van der Waals surface area contributed by atoms with Crippen LogP contribution in [0.4, 0.5) is 0 Å². The van der Waals surface area contributed by atoms with Crippen LogP contribution in [0, 0.1) is 0 Å². The Bertz CT molecular complexity index is 358. The van der Waals surface area contributed by atoms with Crippen molar-refractivity contribution in [1.82, 2.24) is 9.78 Å². The Morgan fingerprint density at radius 1 is 1.44 bits per heavy atom. The van der Waals surface area contributed by atoms with Crippen LogP contribution in [0.5, 0.6) is 0 Å². The summed E-state index contributed by atoms with van der Waals surface area (Å²) in [5.74, 6) is 0. The lowest BCUT2D eigenvalue weighted by molar-refractivity contribution is 0.342. The van der Waals surface area contributed by atoms with E-state index >= 15 is 0 Å². The van der Waals surface area contributed by atoms with Gasteiger partial charge in [0.2, 0.25) is 0 Å². The highest BCUT2D eigenvalue weighted by atomic mass is 15.3. The van der Waals surface area contributed by atoms with Crippen molar-refractivity contribution in [2.75, 3.05) is 0 Å². The highest BCUT2D eigenvalue weighted by molar-refractivity contribution is 5.32. The molecule has 1 saturated carbocycles. The van der Waals surface area contributed by atoms with Crippen LogP contribution in [0.1, 0.15) is 58.2 Å². The van der Waals surface area contributed by atoms with Gasteiger partial charge >= 0.3 is 0 Å². The van der Waals surface area contributed by atoms with Crippen molar-refractivity contribution < 1.29 is 0 Å². The number of nitrogens with two attached hydrogens (primary N) is 1. The third-order valence-electron chi connectivity index (χ3n) is 3.32. The van der Waals surface area contributed by atoms with Gasteiger partial charge in [-0.05, 0) is 40.0 Å². The SMILES string of the molecule is CCCc1c(C2(N)CC2)cnn1C(C)(C)C. The van der Waals surface area contributed by atoms with Gasteiger partial charge in [-0.25, -0.2) is 0 Å². The fourth-order valence-electron chi connectivity index (χ4n) is 2.25. The van der Waals surface area contributed by atoms with Crippen LogP contribution in [0.25, 0.3) is 0 Å². The Kier molecular flexibility index (Phi) is 2.61. The molecule has 1 aliphatic rings. The standard InChI is InChI=1S/C13H23N3/c1-5-6-11-10(13(14)7-8-13)9-15-16(11)12(2,3)4/h9H,5-8,14H2,1-4H3. The summed E-state index contributed by atoms with van der Waals surface area (Å²) >= 11 is 0. The fourth-order valence-corrected chi connectivity index (χ4v) is 2.25. The Labute approximate surface area is 98.0 Å². The van der Waals surface area contributed by atoms with E-state index in [-0.39, 0.29) is 11.1 Å². The Morgan fingerprint density at radius 3 is 2.50 bits per heavy atom. The maximum atomic E-state index is 6.30. The molecule has 90 valence electrons. The van der Waals surface area contributed by atoms with Crippen molar-refractivity contribution in [1.29, 1.82) is 0 Å². The van der Waals surface area contributed by atoms with Crippen LogP contribution in [-0.4, -0.2) is 9.78 Å². The molecule has 2 N–H and O–H groups in total. The minimum absolute atomic E-state index is 0.0496. The number of hydrogen-bond donors (Lipinski definition) is 1.